The fourth-order valence-electron chi connectivity index (χ4n) is 0.935. The molecule has 0 heterocycles. The van der Waals surface area contributed by atoms with Crippen molar-refractivity contribution in [3.8, 4) is 0 Å². The number of hydrogen-bond acceptors (Lipinski definition) is 2. The maximum atomic E-state index is 11.5. The van der Waals surface area contributed by atoms with E-state index in [2.05, 4.69) is 21.2 Å². The Hall–Kier alpha value is -0.580. The van der Waals surface area contributed by atoms with Crippen LogP contribution in [-0.4, -0.2) is 19.1 Å². The number of nitrogens with one attached hydrogen (secondary N) is 1. The quantitative estimate of drug-likeness (QED) is 0.930. The fraction of sp³-hybridized carbons (Fsp3) is 0.300. The predicted molar refractivity (Wildman–Crippen MR) is 64.3 cm³/mol. The van der Waals surface area contributed by atoms with E-state index in [0.717, 1.165) is 4.47 Å². The summed E-state index contributed by atoms with van der Waals surface area (Å²) < 4.78 is 5.68. The van der Waals surface area contributed by atoms with Crippen LogP contribution in [0.4, 0.5) is 5.69 Å². The molecule has 1 amide bonds. The van der Waals surface area contributed by atoms with Gasteiger partial charge < -0.3 is 10.1 Å². The number of carbonyl (C=O) groups excluding carboxylic acids is 1. The minimum Gasteiger partial charge on any atom is -0.372 e. The van der Waals surface area contributed by atoms with Gasteiger partial charge in [-0.15, -0.1) is 0 Å². The van der Waals surface area contributed by atoms with E-state index in [-0.39, 0.29) is 5.91 Å². The van der Waals surface area contributed by atoms with Crippen molar-refractivity contribution in [1.29, 1.82) is 0 Å². The van der Waals surface area contributed by atoms with Crippen molar-refractivity contribution in [2.75, 3.05) is 12.4 Å². The number of ether oxygens (including phenoxy) is 1. The highest BCUT2D eigenvalue weighted by atomic mass is 79.9. The van der Waals surface area contributed by atoms with Gasteiger partial charge in [0.25, 0.3) is 5.91 Å². The highest BCUT2D eigenvalue weighted by Crippen LogP contribution is 2.25. The van der Waals surface area contributed by atoms with E-state index in [1.165, 1.54) is 7.11 Å². The van der Waals surface area contributed by atoms with Crippen LogP contribution in [-0.2, 0) is 9.53 Å². The molecule has 1 N–H and O–H groups in total. The van der Waals surface area contributed by atoms with Crippen LogP contribution in [0, 0.1) is 0 Å². The summed E-state index contributed by atoms with van der Waals surface area (Å²) in [5.41, 5.74) is 0.636. The van der Waals surface area contributed by atoms with Gasteiger partial charge in [-0.25, -0.2) is 0 Å². The molecule has 15 heavy (non-hydrogen) atoms. The summed E-state index contributed by atoms with van der Waals surface area (Å²) in [7, 11) is 1.48. The van der Waals surface area contributed by atoms with Crippen molar-refractivity contribution in [3.05, 3.63) is 27.7 Å². The SMILES string of the molecule is COC(C)C(=O)Nc1cc(Cl)ccc1Br. The molecule has 0 radical (unpaired) electrons. The number of hydrogen-bond donors (Lipinski definition) is 1. The summed E-state index contributed by atoms with van der Waals surface area (Å²) >= 11 is 9.13. The molecule has 1 aromatic rings. The Morgan fingerprint density at radius 1 is 1.60 bits per heavy atom. The largest absolute Gasteiger partial charge is 0.372 e. The number of benzene rings is 1. The first kappa shape index (κ1) is 12.5. The van der Waals surface area contributed by atoms with E-state index in [0.29, 0.717) is 10.7 Å². The first-order chi connectivity index (χ1) is 7.04. The molecule has 0 saturated carbocycles. The minimum absolute atomic E-state index is 0.208. The fourth-order valence-corrected chi connectivity index (χ4v) is 1.45. The second kappa shape index (κ2) is 5.49. The zero-order chi connectivity index (χ0) is 11.4. The van der Waals surface area contributed by atoms with Gasteiger partial charge >= 0.3 is 0 Å². The summed E-state index contributed by atoms with van der Waals surface area (Å²) in [6.45, 7) is 1.67. The van der Waals surface area contributed by atoms with Crippen molar-refractivity contribution in [2.45, 2.75) is 13.0 Å². The molecule has 0 aliphatic carbocycles. The van der Waals surface area contributed by atoms with Crippen molar-refractivity contribution in [2.24, 2.45) is 0 Å². The van der Waals surface area contributed by atoms with Crippen molar-refractivity contribution in [1.82, 2.24) is 0 Å². The van der Waals surface area contributed by atoms with Crippen LogP contribution in [0.5, 0.6) is 0 Å². The third-order valence-electron chi connectivity index (χ3n) is 1.91. The molecule has 0 fully saturated rings. The summed E-state index contributed by atoms with van der Waals surface area (Å²) in [6.07, 6.45) is -0.490. The Labute approximate surface area is 102 Å². The highest BCUT2D eigenvalue weighted by Gasteiger charge is 2.12. The van der Waals surface area contributed by atoms with E-state index < -0.39 is 6.10 Å². The average molecular weight is 293 g/mol. The number of amides is 1. The second-order valence-electron chi connectivity index (χ2n) is 2.99. The van der Waals surface area contributed by atoms with Gasteiger partial charge in [0, 0.05) is 16.6 Å². The molecule has 0 aliphatic rings. The second-order valence-corrected chi connectivity index (χ2v) is 4.28. The Morgan fingerprint density at radius 3 is 2.87 bits per heavy atom. The maximum absolute atomic E-state index is 11.5. The zero-order valence-corrected chi connectivity index (χ0v) is 10.7. The molecule has 0 aromatic heterocycles. The minimum atomic E-state index is -0.490. The van der Waals surface area contributed by atoms with Crippen LogP contribution in [0.1, 0.15) is 6.92 Å². The topological polar surface area (TPSA) is 38.3 Å². The lowest BCUT2D eigenvalue weighted by molar-refractivity contribution is -0.124. The average Bonchev–Trinajstić information content (AvgIpc) is 2.22. The van der Waals surface area contributed by atoms with Gasteiger partial charge in [-0.05, 0) is 41.1 Å². The Balaban J connectivity index is 2.80. The molecule has 1 aromatic carbocycles. The molecule has 0 spiro atoms. The molecule has 1 atom stereocenters. The molecule has 5 heteroatoms. The lowest BCUT2D eigenvalue weighted by Crippen LogP contribution is -2.26. The normalized spacial score (nSPS) is 12.3. The van der Waals surface area contributed by atoms with Gasteiger partial charge in [-0.2, -0.15) is 0 Å². The van der Waals surface area contributed by atoms with Gasteiger partial charge in [0.2, 0.25) is 0 Å². The van der Waals surface area contributed by atoms with E-state index in [1.807, 2.05) is 0 Å². The summed E-state index contributed by atoms with van der Waals surface area (Å²) in [4.78, 5) is 11.5. The monoisotopic (exact) mass is 291 g/mol. The molecule has 1 rings (SSSR count). The van der Waals surface area contributed by atoms with Crippen LogP contribution >= 0.6 is 27.5 Å². The molecule has 0 saturated heterocycles. The maximum Gasteiger partial charge on any atom is 0.253 e. The molecule has 3 nitrogen and oxygen atoms in total. The van der Waals surface area contributed by atoms with Gasteiger partial charge in [-0.1, -0.05) is 11.6 Å². The first-order valence-electron chi connectivity index (χ1n) is 4.33. The lowest BCUT2D eigenvalue weighted by Gasteiger charge is -2.11. The summed E-state index contributed by atoms with van der Waals surface area (Å²) in [5.74, 6) is -0.208. The van der Waals surface area contributed by atoms with Crippen LogP contribution < -0.4 is 5.32 Å². The van der Waals surface area contributed by atoms with Crippen LogP contribution in [0.25, 0.3) is 0 Å². The molecular weight excluding hydrogens is 281 g/mol. The number of halogens is 2. The lowest BCUT2D eigenvalue weighted by atomic mass is 10.3. The van der Waals surface area contributed by atoms with Crippen LogP contribution in [0.2, 0.25) is 5.02 Å². The standard InChI is InChI=1S/C10H11BrClNO2/c1-6(15-2)10(14)13-9-5-7(12)3-4-8(9)11/h3-6H,1-2H3,(H,13,14). The third kappa shape index (κ3) is 3.48. The van der Waals surface area contributed by atoms with Gasteiger partial charge in [-0.3, -0.25) is 4.79 Å². The molecular formula is C10H11BrClNO2. The number of rotatable bonds is 3. The van der Waals surface area contributed by atoms with E-state index in [4.69, 9.17) is 16.3 Å². The molecule has 0 bridgehead atoms. The third-order valence-corrected chi connectivity index (χ3v) is 2.84. The molecule has 0 aliphatic heterocycles. The van der Waals surface area contributed by atoms with Gasteiger partial charge in [0.15, 0.2) is 0 Å². The Kier molecular flexibility index (Phi) is 4.57. The van der Waals surface area contributed by atoms with E-state index in [9.17, 15) is 4.79 Å². The smallest absolute Gasteiger partial charge is 0.253 e. The Bertz CT molecular complexity index is 370. The number of methoxy groups -OCH3 is 1. The number of carbonyl (C=O) groups is 1. The van der Waals surface area contributed by atoms with E-state index >= 15 is 0 Å². The van der Waals surface area contributed by atoms with Crippen LogP contribution in [0.15, 0.2) is 22.7 Å². The van der Waals surface area contributed by atoms with Crippen LogP contribution in [0.3, 0.4) is 0 Å². The van der Waals surface area contributed by atoms with Crippen molar-refractivity contribution >= 4 is 39.1 Å². The zero-order valence-electron chi connectivity index (χ0n) is 8.38. The van der Waals surface area contributed by atoms with Gasteiger partial charge in [0.1, 0.15) is 6.10 Å². The predicted octanol–water partition coefficient (Wildman–Crippen LogP) is 3.08. The van der Waals surface area contributed by atoms with Crippen molar-refractivity contribution in [3.63, 3.8) is 0 Å². The summed E-state index contributed by atoms with van der Waals surface area (Å²) in [5, 5.41) is 3.27. The number of anilines is 1. The molecule has 1 unspecified atom stereocenters. The highest BCUT2D eigenvalue weighted by molar-refractivity contribution is 9.10. The Morgan fingerprint density at radius 2 is 2.27 bits per heavy atom. The molecule has 82 valence electrons. The van der Waals surface area contributed by atoms with E-state index in [1.54, 1.807) is 25.1 Å². The van der Waals surface area contributed by atoms with Crippen molar-refractivity contribution < 1.29 is 9.53 Å². The summed E-state index contributed by atoms with van der Waals surface area (Å²) in [6, 6.07) is 5.18. The van der Waals surface area contributed by atoms with Gasteiger partial charge in [0.05, 0.1) is 5.69 Å². The first-order valence-corrected chi connectivity index (χ1v) is 5.50.